The van der Waals surface area contributed by atoms with Crippen LogP contribution in [-0.4, -0.2) is 36.9 Å². The van der Waals surface area contributed by atoms with Gasteiger partial charge in [-0.15, -0.1) is 0 Å². The number of carboxylic acid groups (broad SMARTS) is 1. The Morgan fingerprint density at radius 3 is 2.48 bits per heavy atom. The predicted molar refractivity (Wildman–Crippen MR) is 97.4 cm³/mol. The fourth-order valence-electron chi connectivity index (χ4n) is 3.60. The first-order chi connectivity index (χ1) is 12.1. The molecule has 3 unspecified atom stereocenters. The van der Waals surface area contributed by atoms with E-state index in [0.29, 0.717) is 25.4 Å². The molecule has 25 heavy (non-hydrogen) atoms. The predicted octanol–water partition coefficient (Wildman–Crippen LogP) is 4.43. The second-order valence-corrected chi connectivity index (χ2v) is 7.29. The number of carboxylic acids is 1. The molecule has 1 rings (SSSR count). The third-order valence-corrected chi connectivity index (χ3v) is 5.10. The van der Waals surface area contributed by atoms with Crippen molar-refractivity contribution in [1.29, 1.82) is 0 Å². The number of hydrogen-bond donors (Lipinski definition) is 1. The largest absolute Gasteiger partial charge is 0.481 e. The molecule has 3 atom stereocenters. The molecule has 0 aromatic carbocycles. The lowest BCUT2D eigenvalue weighted by Gasteiger charge is -2.25. The van der Waals surface area contributed by atoms with Crippen molar-refractivity contribution in [2.24, 2.45) is 17.8 Å². The van der Waals surface area contributed by atoms with Gasteiger partial charge in [-0.2, -0.15) is 0 Å². The van der Waals surface area contributed by atoms with Crippen molar-refractivity contribution < 1.29 is 24.2 Å². The standard InChI is InChI=1S/C20H36O5/c1-3-5-6-9-16(8-4-2)15-24-12-13-25-20(23)18-11-7-10-17(14-18)19(21)22/h16-18H,3-15H2,1-2H3,(H,21,22). The molecule has 0 bridgehead atoms. The molecule has 5 heteroatoms. The van der Waals surface area contributed by atoms with Crippen LogP contribution in [0.25, 0.3) is 0 Å². The lowest BCUT2D eigenvalue weighted by molar-refractivity contribution is -0.153. The number of hydrogen-bond acceptors (Lipinski definition) is 4. The molecule has 0 radical (unpaired) electrons. The lowest BCUT2D eigenvalue weighted by Crippen LogP contribution is -2.29. The van der Waals surface area contributed by atoms with Crippen molar-refractivity contribution in [1.82, 2.24) is 0 Å². The Balaban J connectivity index is 2.16. The topological polar surface area (TPSA) is 72.8 Å². The maximum atomic E-state index is 12.1. The summed E-state index contributed by atoms with van der Waals surface area (Å²) >= 11 is 0. The number of aliphatic carboxylic acids is 1. The van der Waals surface area contributed by atoms with Crippen LogP contribution in [0.15, 0.2) is 0 Å². The van der Waals surface area contributed by atoms with E-state index in [0.717, 1.165) is 19.4 Å². The molecule has 1 aliphatic carbocycles. The minimum absolute atomic E-state index is 0.261. The molecule has 1 saturated carbocycles. The van der Waals surface area contributed by atoms with Crippen LogP contribution in [-0.2, 0) is 19.1 Å². The van der Waals surface area contributed by atoms with Gasteiger partial charge in [0.1, 0.15) is 6.61 Å². The van der Waals surface area contributed by atoms with Crippen LogP contribution in [0.4, 0.5) is 0 Å². The van der Waals surface area contributed by atoms with E-state index in [-0.39, 0.29) is 18.5 Å². The maximum Gasteiger partial charge on any atom is 0.309 e. The van der Waals surface area contributed by atoms with E-state index >= 15 is 0 Å². The fourth-order valence-corrected chi connectivity index (χ4v) is 3.60. The SMILES string of the molecule is CCCCCC(CCC)COCCOC(=O)C1CCCC(C(=O)O)C1. The Bertz CT molecular complexity index is 382. The first-order valence-electron chi connectivity index (χ1n) is 10.1. The van der Waals surface area contributed by atoms with Crippen molar-refractivity contribution in [3.8, 4) is 0 Å². The van der Waals surface area contributed by atoms with Gasteiger partial charge in [0.15, 0.2) is 0 Å². The average molecular weight is 357 g/mol. The van der Waals surface area contributed by atoms with Gasteiger partial charge in [0.25, 0.3) is 0 Å². The quantitative estimate of drug-likeness (QED) is 0.390. The van der Waals surface area contributed by atoms with Gasteiger partial charge in [-0.05, 0) is 38.0 Å². The third-order valence-electron chi connectivity index (χ3n) is 5.10. The molecule has 0 aromatic rings. The summed E-state index contributed by atoms with van der Waals surface area (Å²) in [5.41, 5.74) is 0. The Kier molecular flexibility index (Phi) is 11.5. The van der Waals surface area contributed by atoms with Gasteiger partial charge in [0.05, 0.1) is 18.4 Å². The summed E-state index contributed by atoms with van der Waals surface area (Å²) in [7, 11) is 0. The molecule has 1 fully saturated rings. The molecule has 0 saturated heterocycles. The van der Waals surface area contributed by atoms with Crippen molar-refractivity contribution in [2.45, 2.75) is 78.1 Å². The first-order valence-corrected chi connectivity index (χ1v) is 10.1. The number of carbonyl (C=O) groups excluding carboxylic acids is 1. The Hall–Kier alpha value is -1.10. The van der Waals surface area contributed by atoms with Gasteiger partial charge in [-0.25, -0.2) is 0 Å². The van der Waals surface area contributed by atoms with E-state index < -0.39 is 11.9 Å². The highest BCUT2D eigenvalue weighted by atomic mass is 16.6. The monoisotopic (exact) mass is 356 g/mol. The van der Waals surface area contributed by atoms with Crippen LogP contribution in [0.2, 0.25) is 0 Å². The molecule has 0 aromatic heterocycles. The zero-order chi connectivity index (χ0) is 18.5. The van der Waals surface area contributed by atoms with E-state index in [1.165, 1.54) is 38.5 Å². The van der Waals surface area contributed by atoms with Gasteiger partial charge in [0.2, 0.25) is 0 Å². The average Bonchev–Trinajstić information content (AvgIpc) is 2.61. The van der Waals surface area contributed by atoms with Crippen LogP contribution >= 0.6 is 0 Å². The second-order valence-electron chi connectivity index (χ2n) is 7.29. The number of esters is 1. The van der Waals surface area contributed by atoms with Gasteiger partial charge >= 0.3 is 11.9 Å². The molecule has 0 heterocycles. The Morgan fingerprint density at radius 2 is 1.80 bits per heavy atom. The van der Waals surface area contributed by atoms with Gasteiger partial charge < -0.3 is 14.6 Å². The second kappa shape index (κ2) is 13.2. The van der Waals surface area contributed by atoms with Crippen molar-refractivity contribution in [3.63, 3.8) is 0 Å². The first kappa shape index (κ1) is 21.9. The van der Waals surface area contributed by atoms with Crippen LogP contribution < -0.4 is 0 Å². The van der Waals surface area contributed by atoms with Crippen LogP contribution in [0.3, 0.4) is 0 Å². The van der Waals surface area contributed by atoms with Gasteiger partial charge in [0, 0.05) is 6.61 Å². The van der Waals surface area contributed by atoms with E-state index in [1.807, 2.05) is 0 Å². The number of rotatable bonds is 13. The highest BCUT2D eigenvalue weighted by Crippen LogP contribution is 2.30. The zero-order valence-corrected chi connectivity index (χ0v) is 16.0. The van der Waals surface area contributed by atoms with Crippen molar-refractivity contribution in [3.05, 3.63) is 0 Å². The van der Waals surface area contributed by atoms with E-state index in [9.17, 15) is 9.59 Å². The smallest absolute Gasteiger partial charge is 0.309 e. The summed E-state index contributed by atoms with van der Waals surface area (Å²) in [6, 6.07) is 0. The van der Waals surface area contributed by atoms with Gasteiger partial charge in [-0.3, -0.25) is 9.59 Å². The van der Waals surface area contributed by atoms with E-state index in [4.69, 9.17) is 14.6 Å². The number of carbonyl (C=O) groups is 2. The van der Waals surface area contributed by atoms with Crippen molar-refractivity contribution >= 4 is 11.9 Å². The summed E-state index contributed by atoms with van der Waals surface area (Å²) < 4.78 is 11.0. The zero-order valence-electron chi connectivity index (χ0n) is 16.0. The fraction of sp³-hybridized carbons (Fsp3) is 0.900. The molecular weight excluding hydrogens is 320 g/mol. The minimum atomic E-state index is -0.800. The van der Waals surface area contributed by atoms with Gasteiger partial charge in [-0.1, -0.05) is 46.0 Å². The molecule has 0 amide bonds. The molecule has 146 valence electrons. The third kappa shape index (κ3) is 9.24. The molecule has 0 spiro atoms. The van der Waals surface area contributed by atoms with Crippen molar-refractivity contribution in [2.75, 3.05) is 19.8 Å². The number of unbranched alkanes of at least 4 members (excludes halogenated alkanes) is 2. The lowest BCUT2D eigenvalue weighted by atomic mass is 9.81. The summed E-state index contributed by atoms with van der Waals surface area (Å²) in [5, 5.41) is 9.08. The normalized spacial score (nSPS) is 21.7. The summed E-state index contributed by atoms with van der Waals surface area (Å²) in [6.07, 6.45) is 9.92. The van der Waals surface area contributed by atoms with Crippen LogP contribution in [0.5, 0.6) is 0 Å². The molecule has 1 aliphatic rings. The minimum Gasteiger partial charge on any atom is -0.481 e. The number of ether oxygens (including phenoxy) is 2. The maximum absolute atomic E-state index is 12.1. The highest BCUT2D eigenvalue weighted by Gasteiger charge is 2.31. The van der Waals surface area contributed by atoms with E-state index in [1.54, 1.807) is 0 Å². The van der Waals surface area contributed by atoms with Crippen LogP contribution in [0, 0.1) is 17.8 Å². The highest BCUT2D eigenvalue weighted by molar-refractivity contribution is 5.75. The molecular formula is C20H36O5. The summed E-state index contributed by atoms with van der Waals surface area (Å²) in [4.78, 5) is 23.1. The van der Waals surface area contributed by atoms with E-state index in [2.05, 4.69) is 13.8 Å². The molecule has 5 nitrogen and oxygen atoms in total. The summed E-state index contributed by atoms with van der Waals surface area (Å²) in [5.74, 6) is -1.13. The molecule has 0 aliphatic heterocycles. The molecule has 1 N–H and O–H groups in total. The summed E-state index contributed by atoms with van der Waals surface area (Å²) in [6.45, 7) is 5.84. The van der Waals surface area contributed by atoms with Crippen LogP contribution in [0.1, 0.15) is 78.1 Å². The Morgan fingerprint density at radius 1 is 1.04 bits per heavy atom. The Labute approximate surface area is 152 Å².